The second-order valence-corrected chi connectivity index (χ2v) is 11.1. The summed E-state index contributed by atoms with van der Waals surface area (Å²) in [6.45, 7) is 11.4. The fourth-order valence-electron chi connectivity index (χ4n) is 5.95. The molecule has 2 amide bonds. The van der Waals surface area contributed by atoms with Crippen molar-refractivity contribution in [3.8, 4) is 0 Å². The minimum Gasteiger partial charge on any atom is -0.354 e. The zero-order valence-electron chi connectivity index (χ0n) is 23.4. The van der Waals surface area contributed by atoms with Crippen LogP contribution in [0.25, 0.3) is 10.9 Å². The lowest BCUT2D eigenvalue weighted by Crippen LogP contribution is -2.50. The van der Waals surface area contributed by atoms with Gasteiger partial charge >= 0.3 is 0 Å². The molecule has 198 valence electrons. The lowest BCUT2D eigenvalue weighted by Gasteiger charge is -2.34. The summed E-state index contributed by atoms with van der Waals surface area (Å²) in [6, 6.07) is 15.4. The van der Waals surface area contributed by atoms with Gasteiger partial charge in [-0.1, -0.05) is 83.4 Å². The first kappa shape index (κ1) is 27.0. The quantitative estimate of drug-likeness (QED) is 0.315. The van der Waals surface area contributed by atoms with Crippen LogP contribution in [-0.2, 0) is 11.8 Å². The van der Waals surface area contributed by atoms with Crippen molar-refractivity contribution in [3.63, 3.8) is 0 Å². The number of carbonyl (C=O) groups excluding carboxylic acids is 2. The highest BCUT2D eigenvalue weighted by Gasteiger charge is 2.45. The molecule has 1 aliphatic heterocycles. The van der Waals surface area contributed by atoms with E-state index in [4.69, 9.17) is 0 Å². The van der Waals surface area contributed by atoms with Gasteiger partial charge in [0, 0.05) is 41.3 Å². The fraction of sp³-hybridized carbons (Fsp3) is 0.500. The molecule has 0 saturated heterocycles. The molecule has 2 heterocycles. The Morgan fingerprint density at radius 3 is 2.46 bits per heavy atom. The van der Waals surface area contributed by atoms with Crippen LogP contribution in [0.1, 0.15) is 93.0 Å². The van der Waals surface area contributed by atoms with E-state index in [0.29, 0.717) is 24.4 Å². The second-order valence-electron chi connectivity index (χ2n) is 11.1. The highest BCUT2D eigenvalue weighted by molar-refractivity contribution is 6.03. The van der Waals surface area contributed by atoms with Crippen molar-refractivity contribution in [3.05, 3.63) is 70.9 Å². The molecule has 4 rings (SSSR count). The third-order valence-corrected chi connectivity index (χ3v) is 8.16. The lowest BCUT2D eigenvalue weighted by atomic mass is 9.93. The molecule has 5 heteroatoms. The van der Waals surface area contributed by atoms with Crippen LogP contribution in [0.15, 0.2) is 48.5 Å². The summed E-state index contributed by atoms with van der Waals surface area (Å²) < 4.78 is 2.20. The van der Waals surface area contributed by atoms with Crippen molar-refractivity contribution in [1.29, 1.82) is 0 Å². The van der Waals surface area contributed by atoms with Gasteiger partial charge in [0.1, 0.15) is 6.04 Å². The normalized spacial score (nSPS) is 16.9. The zero-order chi connectivity index (χ0) is 26.7. The second kappa shape index (κ2) is 11.5. The van der Waals surface area contributed by atoms with Gasteiger partial charge in [0.15, 0.2) is 0 Å². The smallest absolute Gasteiger partial charge is 0.255 e. The molecule has 37 heavy (non-hydrogen) atoms. The summed E-state index contributed by atoms with van der Waals surface area (Å²) in [7, 11) is 2.08. The number of amides is 2. The molecule has 0 saturated carbocycles. The number of nitrogens with one attached hydrogen (secondary N) is 1. The summed E-state index contributed by atoms with van der Waals surface area (Å²) in [4.78, 5) is 29.8. The number of unbranched alkanes of at least 4 members (excludes halogenated alkanes) is 1. The third-order valence-electron chi connectivity index (χ3n) is 8.16. The maximum atomic E-state index is 14.0. The van der Waals surface area contributed by atoms with Crippen LogP contribution < -0.4 is 5.32 Å². The van der Waals surface area contributed by atoms with Crippen molar-refractivity contribution in [1.82, 2.24) is 14.8 Å². The number of fused-ring (bicyclic) bond motifs is 2. The molecule has 5 nitrogen and oxygen atoms in total. The number of aryl methyl sites for hydroxylation is 1. The first-order valence-electron chi connectivity index (χ1n) is 14.0. The number of aromatic nitrogens is 1. The molecule has 1 N–H and O–H groups in total. The molecule has 1 aromatic heterocycles. The van der Waals surface area contributed by atoms with E-state index in [0.717, 1.165) is 47.0 Å². The maximum absolute atomic E-state index is 14.0. The largest absolute Gasteiger partial charge is 0.354 e. The Labute approximate surface area is 222 Å². The molecule has 1 aliphatic rings. The number of para-hydroxylation sites is 1. The van der Waals surface area contributed by atoms with Crippen LogP contribution in [0, 0.1) is 18.8 Å². The molecule has 0 aliphatic carbocycles. The molecular weight excluding hydrogens is 458 g/mol. The Balaban J connectivity index is 1.78. The molecule has 0 bridgehead atoms. The molecule has 0 radical (unpaired) electrons. The number of hydrogen-bond acceptors (Lipinski definition) is 2. The summed E-state index contributed by atoms with van der Waals surface area (Å²) in [6.07, 6.45) is 5.12. The van der Waals surface area contributed by atoms with Gasteiger partial charge in [0.25, 0.3) is 5.91 Å². The highest BCUT2D eigenvalue weighted by Crippen LogP contribution is 2.45. The van der Waals surface area contributed by atoms with Gasteiger partial charge in [-0.05, 0) is 49.3 Å². The predicted molar refractivity (Wildman–Crippen MR) is 152 cm³/mol. The number of carbonyl (C=O) groups is 2. The van der Waals surface area contributed by atoms with Gasteiger partial charge in [-0.2, -0.15) is 0 Å². The number of hydrogen-bond donors (Lipinski definition) is 1. The van der Waals surface area contributed by atoms with E-state index in [1.54, 1.807) is 0 Å². The van der Waals surface area contributed by atoms with Gasteiger partial charge in [-0.15, -0.1) is 0 Å². The molecule has 3 aromatic rings. The highest BCUT2D eigenvalue weighted by atomic mass is 16.2. The van der Waals surface area contributed by atoms with Gasteiger partial charge < -0.3 is 14.8 Å². The Morgan fingerprint density at radius 1 is 1.05 bits per heavy atom. The number of nitrogens with zero attached hydrogens (tertiary/aromatic N) is 2. The van der Waals surface area contributed by atoms with Crippen molar-refractivity contribution < 1.29 is 9.59 Å². The summed E-state index contributed by atoms with van der Waals surface area (Å²) in [5, 5.41) is 4.40. The topological polar surface area (TPSA) is 54.3 Å². The van der Waals surface area contributed by atoms with Crippen molar-refractivity contribution >= 4 is 22.7 Å². The number of benzene rings is 2. The molecule has 0 spiro atoms. The van der Waals surface area contributed by atoms with E-state index in [1.165, 1.54) is 6.42 Å². The van der Waals surface area contributed by atoms with Crippen LogP contribution in [0.5, 0.6) is 0 Å². The first-order valence-corrected chi connectivity index (χ1v) is 14.0. The summed E-state index contributed by atoms with van der Waals surface area (Å²) in [5.41, 5.74) is 5.07. The minimum absolute atomic E-state index is 0.0345. The average Bonchev–Trinajstić information content (AvgIpc) is 3.32. The van der Waals surface area contributed by atoms with Gasteiger partial charge in [0.2, 0.25) is 5.91 Å². The summed E-state index contributed by atoms with van der Waals surface area (Å²) >= 11 is 0. The standard InChI is InChI=1S/C32H43N3O2/c1-7-9-14-23(8-2)20-33-31(36)28(19-21(3)4)35-30(24-15-10-11-16-25(24)32(35)37)29-22(5)34(6)27-18-13-12-17-26(27)29/h10-13,15-18,21,23,28,30H,7-9,14,19-20H2,1-6H3,(H,33,36). The zero-order valence-corrected chi connectivity index (χ0v) is 23.4. The Kier molecular flexibility index (Phi) is 8.41. The van der Waals surface area contributed by atoms with Gasteiger partial charge in [0.05, 0.1) is 6.04 Å². The Bertz CT molecular complexity index is 1260. The molecule has 3 atom stereocenters. The van der Waals surface area contributed by atoms with E-state index in [1.807, 2.05) is 23.1 Å². The molecular formula is C32H43N3O2. The monoisotopic (exact) mass is 501 g/mol. The fourth-order valence-corrected chi connectivity index (χ4v) is 5.95. The van der Waals surface area contributed by atoms with E-state index >= 15 is 0 Å². The molecule has 0 fully saturated rings. The Hall–Kier alpha value is -3.08. The maximum Gasteiger partial charge on any atom is 0.255 e. The van der Waals surface area contributed by atoms with E-state index < -0.39 is 6.04 Å². The van der Waals surface area contributed by atoms with Crippen LogP contribution in [-0.4, -0.2) is 33.9 Å². The minimum atomic E-state index is -0.535. The van der Waals surface area contributed by atoms with Crippen LogP contribution in [0.3, 0.4) is 0 Å². The van der Waals surface area contributed by atoms with Gasteiger partial charge in [-0.3, -0.25) is 9.59 Å². The van der Waals surface area contributed by atoms with Crippen LogP contribution in [0.4, 0.5) is 0 Å². The molecule has 3 unspecified atom stereocenters. The molecule has 2 aromatic carbocycles. The van der Waals surface area contributed by atoms with Crippen molar-refractivity contribution in [2.45, 2.75) is 78.8 Å². The van der Waals surface area contributed by atoms with E-state index in [2.05, 4.69) is 81.9 Å². The first-order chi connectivity index (χ1) is 17.8. The lowest BCUT2D eigenvalue weighted by molar-refractivity contribution is -0.126. The van der Waals surface area contributed by atoms with Crippen LogP contribution in [0.2, 0.25) is 0 Å². The van der Waals surface area contributed by atoms with Crippen LogP contribution >= 0.6 is 0 Å². The van der Waals surface area contributed by atoms with E-state index in [9.17, 15) is 9.59 Å². The third kappa shape index (κ3) is 5.18. The Morgan fingerprint density at radius 2 is 1.76 bits per heavy atom. The van der Waals surface area contributed by atoms with Crippen molar-refractivity contribution in [2.75, 3.05) is 6.54 Å². The van der Waals surface area contributed by atoms with E-state index in [-0.39, 0.29) is 23.8 Å². The summed E-state index contributed by atoms with van der Waals surface area (Å²) in [5.74, 6) is 0.647. The predicted octanol–water partition coefficient (Wildman–Crippen LogP) is 6.78. The number of rotatable bonds is 11. The van der Waals surface area contributed by atoms with Crippen molar-refractivity contribution in [2.24, 2.45) is 18.9 Å². The van der Waals surface area contributed by atoms with Gasteiger partial charge in [-0.25, -0.2) is 0 Å². The SMILES string of the molecule is CCCCC(CC)CNC(=O)C(CC(C)C)N1C(=O)c2ccccc2C1c1c(C)n(C)c2ccccc12. The average molecular weight is 502 g/mol.